The maximum atomic E-state index is 12.7. The second-order valence-corrected chi connectivity index (χ2v) is 8.38. The number of carbonyl (C=O) groups excluding carboxylic acids is 1. The van der Waals surface area contributed by atoms with Gasteiger partial charge in [0.1, 0.15) is 0 Å². The monoisotopic (exact) mass is 403 g/mol. The zero-order valence-corrected chi connectivity index (χ0v) is 17.9. The molecule has 2 aromatic carbocycles. The summed E-state index contributed by atoms with van der Waals surface area (Å²) in [6.45, 7) is 9.50. The van der Waals surface area contributed by atoms with Crippen molar-refractivity contribution < 1.29 is 4.79 Å². The van der Waals surface area contributed by atoms with Gasteiger partial charge in [0.05, 0.1) is 11.4 Å². The molecule has 1 saturated heterocycles. The van der Waals surface area contributed by atoms with Crippen molar-refractivity contribution in [3.63, 3.8) is 0 Å². The van der Waals surface area contributed by atoms with Gasteiger partial charge in [0.2, 0.25) is 0 Å². The van der Waals surface area contributed by atoms with E-state index in [9.17, 15) is 4.79 Å². The Balaban J connectivity index is 1.40. The lowest BCUT2D eigenvalue weighted by molar-refractivity contribution is 0.102. The summed E-state index contributed by atoms with van der Waals surface area (Å²) in [7, 11) is 0. The molecule has 2 heterocycles. The van der Waals surface area contributed by atoms with Gasteiger partial charge < -0.3 is 5.32 Å². The van der Waals surface area contributed by atoms with Crippen LogP contribution in [0.15, 0.2) is 48.5 Å². The predicted molar refractivity (Wildman–Crippen MR) is 119 cm³/mol. The molecular weight excluding hydrogens is 374 g/mol. The molecule has 0 atom stereocenters. The Morgan fingerprint density at radius 2 is 1.83 bits per heavy atom. The van der Waals surface area contributed by atoms with E-state index < -0.39 is 0 Å². The SMILES string of the molecule is Cc1cccc(-n2nnc(C(=O)Nc3ccc(CN4CCC(C)CC4)cc3)c2C)c1. The van der Waals surface area contributed by atoms with E-state index in [4.69, 9.17) is 0 Å². The molecule has 1 fully saturated rings. The summed E-state index contributed by atoms with van der Waals surface area (Å²) >= 11 is 0. The number of hydrogen-bond donors (Lipinski definition) is 1. The molecule has 0 aliphatic carbocycles. The molecule has 6 heteroatoms. The van der Waals surface area contributed by atoms with Gasteiger partial charge in [-0.2, -0.15) is 0 Å². The van der Waals surface area contributed by atoms with E-state index >= 15 is 0 Å². The third kappa shape index (κ3) is 4.60. The van der Waals surface area contributed by atoms with E-state index in [1.165, 1.54) is 18.4 Å². The van der Waals surface area contributed by atoms with Gasteiger partial charge in [-0.25, -0.2) is 4.68 Å². The van der Waals surface area contributed by atoms with Crippen molar-refractivity contribution in [1.29, 1.82) is 0 Å². The molecule has 30 heavy (non-hydrogen) atoms. The van der Waals surface area contributed by atoms with Gasteiger partial charge in [0.15, 0.2) is 5.69 Å². The second kappa shape index (κ2) is 8.79. The third-order valence-corrected chi connectivity index (χ3v) is 5.85. The summed E-state index contributed by atoms with van der Waals surface area (Å²) in [5.41, 5.74) is 5.12. The van der Waals surface area contributed by atoms with Gasteiger partial charge in [-0.15, -0.1) is 5.10 Å². The lowest BCUT2D eigenvalue weighted by Gasteiger charge is -2.30. The number of nitrogens with one attached hydrogen (secondary N) is 1. The van der Waals surface area contributed by atoms with Crippen LogP contribution < -0.4 is 5.32 Å². The van der Waals surface area contributed by atoms with Crippen LogP contribution in [-0.2, 0) is 6.54 Å². The number of piperidine rings is 1. The molecule has 1 aromatic heterocycles. The largest absolute Gasteiger partial charge is 0.321 e. The summed E-state index contributed by atoms with van der Waals surface area (Å²) in [5, 5.41) is 11.2. The van der Waals surface area contributed by atoms with Gasteiger partial charge in [-0.3, -0.25) is 9.69 Å². The first-order chi connectivity index (χ1) is 14.5. The average Bonchev–Trinajstić information content (AvgIpc) is 3.13. The number of nitrogens with zero attached hydrogens (tertiary/aromatic N) is 4. The van der Waals surface area contributed by atoms with Crippen molar-refractivity contribution in [2.45, 2.75) is 40.2 Å². The van der Waals surface area contributed by atoms with Crippen LogP contribution in [0.25, 0.3) is 5.69 Å². The second-order valence-electron chi connectivity index (χ2n) is 8.38. The molecule has 4 rings (SSSR count). The molecule has 1 N–H and O–H groups in total. The van der Waals surface area contributed by atoms with Crippen molar-refractivity contribution >= 4 is 11.6 Å². The normalized spacial score (nSPS) is 15.3. The molecule has 1 aliphatic rings. The smallest absolute Gasteiger partial charge is 0.278 e. The van der Waals surface area contributed by atoms with Crippen molar-refractivity contribution in [3.05, 3.63) is 71.0 Å². The number of anilines is 1. The van der Waals surface area contributed by atoms with Gasteiger partial charge in [-0.05, 0) is 81.1 Å². The van der Waals surface area contributed by atoms with E-state index in [1.54, 1.807) is 4.68 Å². The van der Waals surface area contributed by atoms with Crippen LogP contribution in [0.3, 0.4) is 0 Å². The molecule has 0 spiro atoms. The predicted octanol–water partition coefficient (Wildman–Crippen LogP) is 4.37. The fourth-order valence-corrected chi connectivity index (χ4v) is 3.91. The van der Waals surface area contributed by atoms with Crippen LogP contribution in [0.1, 0.15) is 47.1 Å². The summed E-state index contributed by atoms with van der Waals surface area (Å²) < 4.78 is 1.70. The quantitative estimate of drug-likeness (QED) is 0.687. The summed E-state index contributed by atoms with van der Waals surface area (Å²) in [6, 6.07) is 16.1. The van der Waals surface area contributed by atoms with Gasteiger partial charge in [0.25, 0.3) is 5.91 Å². The lowest BCUT2D eigenvalue weighted by Crippen LogP contribution is -2.32. The Morgan fingerprint density at radius 1 is 1.10 bits per heavy atom. The van der Waals surface area contributed by atoms with Crippen molar-refractivity contribution in [3.8, 4) is 5.69 Å². The topological polar surface area (TPSA) is 63.1 Å². The van der Waals surface area contributed by atoms with Crippen LogP contribution >= 0.6 is 0 Å². The van der Waals surface area contributed by atoms with E-state index in [2.05, 4.69) is 39.6 Å². The number of hydrogen-bond acceptors (Lipinski definition) is 4. The highest BCUT2D eigenvalue weighted by Gasteiger charge is 2.18. The summed E-state index contributed by atoms with van der Waals surface area (Å²) in [6.07, 6.45) is 2.55. The van der Waals surface area contributed by atoms with Crippen LogP contribution in [-0.4, -0.2) is 38.9 Å². The molecule has 0 bridgehead atoms. The van der Waals surface area contributed by atoms with E-state index in [-0.39, 0.29) is 5.91 Å². The average molecular weight is 404 g/mol. The number of aromatic nitrogens is 3. The van der Waals surface area contributed by atoms with Crippen LogP contribution in [0.2, 0.25) is 0 Å². The van der Waals surface area contributed by atoms with E-state index in [0.29, 0.717) is 11.4 Å². The van der Waals surface area contributed by atoms with Crippen molar-refractivity contribution in [2.75, 3.05) is 18.4 Å². The number of aryl methyl sites for hydroxylation is 1. The fourth-order valence-electron chi connectivity index (χ4n) is 3.91. The number of benzene rings is 2. The Labute approximate surface area is 177 Å². The number of likely N-dealkylation sites (tertiary alicyclic amines) is 1. The molecule has 1 amide bonds. The Hall–Kier alpha value is -2.99. The lowest BCUT2D eigenvalue weighted by atomic mass is 9.99. The van der Waals surface area contributed by atoms with Crippen molar-refractivity contribution in [2.24, 2.45) is 5.92 Å². The van der Waals surface area contributed by atoms with E-state index in [1.807, 2.05) is 50.2 Å². The third-order valence-electron chi connectivity index (χ3n) is 5.85. The van der Waals surface area contributed by atoms with Crippen LogP contribution in [0, 0.1) is 19.8 Å². The number of rotatable bonds is 5. The molecule has 0 saturated carbocycles. The maximum Gasteiger partial charge on any atom is 0.278 e. The van der Waals surface area contributed by atoms with Crippen LogP contribution in [0.4, 0.5) is 5.69 Å². The van der Waals surface area contributed by atoms with Gasteiger partial charge in [0, 0.05) is 12.2 Å². The van der Waals surface area contributed by atoms with Crippen molar-refractivity contribution in [1.82, 2.24) is 19.9 Å². The minimum atomic E-state index is -0.246. The van der Waals surface area contributed by atoms with E-state index in [0.717, 1.165) is 42.5 Å². The standard InChI is InChI=1S/C24H29N5O/c1-17-11-13-28(14-12-17)16-20-7-9-21(10-8-20)25-24(30)23-19(3)29(27-26-23)22-6-4-5-18(2)15-22/h4-10,15,17H,11-14,16H2,1-3H3,(H,25,30). The molecule has 6 nitrogen and oxygen atoms in total. The molecule has 0 radical (unpaired) electrons. The molecule has 0 unspecified atom stereocenters. The first kappa shape index (κ1) is 20.3. The first-order valence-electron chi connectivity index (χ1n) is 10.6. The zero-order chi connectivity index (χ0) is 21.1. The number of amides is 1. The Bertz CT molecular complexity index is 1020. The number of carbonyl (C=O) groups is 1. The molecule has 156 valence electrons. The maximum absolute atomic E-state index is 12.7. The summed E-state index contributed by atoms with van der Waals surface area (Å²) in [4.78, 5) is 15.2. The molecule has 3 aromatic rings. The Morgan fingerprint density at radius 3 is 2.53 bits per heavy atom. The molecular formula is C24H29N5O. The molecule has 1 aliphatic heterocycles. The zero-order valence-electron chi connectivity index (χ0n) is 17.9. The highest BCUT2D eigenvalue weighted by molar-refractivity contribution is 6.03. The van der Waals surface area contributed by atoms with Gasteiger partial charge in [-0.1, -0.05) is 36.4 Å². The highest BCUT2D eigenvalue weighted by Crippen LogP contribution is 2.20. The highest BCUT2D eigenvalue weighted by atomic mass is 16.2. The minimum Gasteiger partial charge on any atom is -0.321 e. The minimum absolute atomic E-state index is 0.246. The Kier molecular flexibility index (Phi) is 5.95. The fraction of sp³-hybridized carbons (Fsp3) is 0.375. The van der Waals surface area contributed by atoms with Gasteiger partial charge >= 0.3 is 0 Å². The van der Waals surface area contributed by atoms with Crippen LogP contribution in [0.5, 0.6) is 0 Å². The summed E-state index contributed by atoms with van der Waals surface area (Å²) in [5.74, 6) is 0.593. The first-order valence-corrected chi connectivity index (χ1v) is 10.6.